The molecule has 0 bridgehead atoms. The van der Waals surface area contributed by atoms with E-state index in [0.717, 1.165) is 24.1 Å². The number of hydrogen-bond donors (Lipinski definition) is 1. The van der Waals surface area contributed by atoms with Crippen molar-refractivity contribution in [1.29, 1.82) is 0 Å². The van der Waals surface area contributed by atoms with E-state index < -0.39 is 0 Å². The van der Waals surface area contributed by atoms with Crippen LogP contribution >= 0.6 is 0 Å². The first-order chi connectivity index (χ1) is 6.33. The van der Waals surface area contributed by atoms with Crippen molar-refractivity contribution >= 4 is 5.71 Å². The highest BCUT2D eigenvalue weighted by atomic mass is 16.4. The molecule has 0 radical (unpaired) electrons. The number of benzene rings is 1. The highest BCUT2D eigenvalue weighted by Gasteiger charge is 2.20. The molecule has 0 spiro atoms. The van der Waals surface area contributed by atoms with Crippen molar-refractivity contribution in [3.05, 3.63) is 35.4 Å². The minimum Gasteiger partial charge on any atom is -0.411 e. The molecule has 2 heteroatoms. The van der Waals surface area contributed by atoms with Gasteiger partial charge in [0, 0.05) is 5.56 Å². The number of fused-ring (bicyclic) bond motifs is 1. The maximum atomic E-state index is 8.81. The van der Waals surface area contributed by atoms with Crippen molar-refractivity contribution < 1.29 is 5.21 Å². The van der Waals surface area contributed by atoms with Crippen LogP contribution < -0.4 is 0 Å². The van der Waals surface area contributed by atoms with Gasteiger partial charge in [0.2, 0.25) is 0 Å². The van der Waals surface area contributed by atoms with Crippen molar-refractivity contribution in [2.75, 3.05) is 0 Å². The van der Waals surface area contributed by atoms with Crippen LogP contribution in [-0.2, 0) is 0 Å². The molecule has 1 unspecified atom stereocenters. The molecule has 1 aromatic rings. The fourth-order valence-electron chi connectivity index (χ4n) is 1.94. The first-order valence-electron chi connectivity index (χ1n) is 4.63. The minimum absolute atomic E-state index is 0.585. The summed E-state index contributed by atoms with van der Waals surface area (Å²) in [5, 5.41) is 12.2. The fraction of sp³-hybridized carbons (Fsp3) is 0.364. The van der Waals surface area contributed by atoms with Gasteiger partial charge in [0.25, 0.3) is 0 Å². The van der Waals surface area contributed by atoms with Gasteiger partial charge < -0.3 is 5.21 Å². The molecule has 1 aliphatic carbocycles. The summed E-state index contributed by atoms with van der Waals surface area (Å²) in [7, 11) is 0. The maximum absolute atomic E-state index is 8.81. The van der Waals surface area contributed by atoms with E-state index in [9.17, 15) is 0 Å². The van der Waals surface area contributed by atoms with Crippen molar-refractivity contribution in [3.63, 3.8) is 0 Å². The van der Waals surface area contributed by atoms with Crippen LogP contribution in [0.3, 0.4) is 0 Å². The van der Waals surface area contributed by atoms with Crippen LogP contribution in [0.2, 0.25) is 0 Å². The van der Waals surface area contributed by atoms with E-state index in [4.69, 9.17) is 5.21 Å². The molecule has 0 aliphatic heterocycles. The maximum Gasteiger partial charge on any atom is 0.0870 e. The highest BCUT2D eigenvalue weighted by molar-refractivity contribution is 6.02. The molecule has 0 saturated carbocycles. The zero-order valence-corrected chi connectivity index (χ0v) is 7.70. The molecule has 0 aromatic heterocycles. The summed E-state index contributed by atoms with van der Waals surface area (Å²) in [6.07, 6.45) is 1.96. The predicted octanol–water partition coefficient (Wildman–Crippen LogP) is 2.76. The smallest absolute Gasteiger partial charge is 0.0870 e. The number of rotatable bonds is 0. The normalized spacial score (nSPS) is 24.4. The molecule has 1 aromatic carbocycles. The quantitative estimate of drug-likeness (QED) is 0.477. The van der Waals surface area contributed by atoms with Crippen LogP contribution in [0.15, 0.2) is 29.4 Å². The first kappa shape index (κ1) is 8.30. The molecule has 0 fully saturated rings. The van der Waals surface area contributed by atoms with Gasteiger partial charge in [0.05, 0.1) is 5.71 Å². The SMILES string of the molecule is CC1CCC(=NO)c2ccccc21. The summed E-state index contributed by atoms with van der Waals surface area (Å²) in [6.45, 7) is 2.22. The van der Waals surface area contributed by atoms with E-state index in [2.05, 4.69) is 18.1 Å². The fourth-order valence-corrected chi connectivity index (χ4v) is 1.94. The summed E-state index contributed by atoms with van der Waals surface area (Å²) < 4.78 is 0. The van der Waals surface area contributed by atoms with Gasteiger partial charge >= 0.3 is 0 Å². The largest absolute Gasteiger partial charge is 0.411 e. The Morgan fingerprint density at radius 2 is 2.15 bits per heavy atom. The lowest BCUT2D eigenvalue weighted by molar-refractivity contribution is 0.317. The Morgan fingerprint density at radius 1 is 1.38 bits per heavy atom. The molecular weight excluding hydrogens is 162 g/mol. The molecule has 2 rings (SSSR count). The van der Waals surface area contributed by atoms with Crippen molar-refractivity contribution in [1.82, 2.24) is 0 Å². The number of nitrogens with zero attached hydrogens (tertiary/aromatic N) is 1. The van der Waals surface area contributed by atoms with E-state index in [-0.39, 0.29) is 0 Å². The number of oxime groups is 1. The molecule has 0 amide bonds. The van der Waals surface area contributed by atoms with E-state index in [0.29, 0.717) is 5.92 Å². The second-order valence-electron chi connectivity index (χ2n) is 3.57. The van der Waals surface area contributed by atoms with E-state index in [1.54, 1.807) is 0 Å². The molecular formula is C11H13NO. The monoisotopic (exact) mass is 175 g/mol. The van der Waals surface area contributed by atoms with Crippen LogP contribution in [0.1, 0.15) is 36.8 Å². The highest BCUT2D eigenvalue weighted by Crippen LogP contribution is 2.30. The molecule has 1 N–H and O–H groups in total. The topological polar surface area (TPSA) is 32.6 Å². The van der Waals surface area contributed by atoms with Gasteiger partial charge in [-0.25, -0.2) is 0 Å². The summed E-state index contributed by atoms with van der Waals surface area (Å²) in [5.41, 5.74) is 3.25. The zero-order valence-electron chi connectivity index (χ0n) is 7.70. The Labute approximate surface area is 77.9 Å². The van der Waals surface area contributed by atoms with Gasteiger partial charge in [-0.3, -0.25) is 0 Å². The van der Waals surface area contributed by atoms with Gasteiger partial charge in [-0.2, -0.15) is 0 Å². The van der Waals surface area contributed by atoms with Crippen LogP contribution in [0.4, 0.5) is 0 Å². The third kappa shape index (κ3) is 1.32. The first-order valence-corrected chi connectivity index (χ1v) is 4.63. The summed E-state index contributed by atoms with van der Waals surface area (Å²) in [4.78, 5) is 0. The second-order valence-corrected chi connectivity index (χ2v) is 3.57. The Kier molecular flexibility index (Phi) is 2.05. The van der Waals surface area contributed by atoms with E-state index in [1.165, 1.54) is 5.56 Å². The summed E-state index contributed by atoms with van der Waals surface area (Å²) in [5.74, 6) is 0.585. The standard InChI is InChI=1S/C11H13NO/c1-8-6-7-11(12-13)10-5-3-2-4-9(8)10/h2-5,8,13H,6-7H2,1H3. The van der Waals surface area contributed by atoms with Gasteiger partial charge in [-0.15, -0.1) is 0 Å². The minimum atomic E-state index is 0.585. The van der Waals surface area contributed by atoms with Crippen LogP contribution in [0.5, 0.6) is 0 Å². The molecule has 2 nitrogen and oxygen atoms in total. The predicted molar refractivity (Wildman–Crippen MR) is 52.4 cm³/mol. The van der Waals surface area contributed by atoms with Crippen LogP contribution in [0, 0.1) is 0 Å². The average Bonchev–Trinajstić information content (AvgIpc) is 2.19. The van der Waals surface area contributed by atoms with Gasteiger partial charge in [-0.05, 0) is 24.3 Å². The lowest BCUT2D eigenvalue weighted by Crippen LogP contribution is -2.14. The Balaban J connectivity index is 2.54. The van der Waals surface area contributed by atoms with Gasteiger partial charge in [0.1, 0.15) is 0 Å². The molecule has 1 aliphatic rings. The Bertz CT molecular complexity index is 344. The van der Waals surface area contributed by atoms with Crippen molar-refractivity contribution in [2.24, 2.45) is 5.16 Å². The number of hydrogen-bond acceptors (Lipinski definition) is 2. The molecule has 1 atom stereocenters. The average molecular weight is 175 g/mol. The molecule has 13 heavy (non-hydrogen) atoms. The summed E-state index contributed by atoms with van der Waals surface area (Å²) >= 11 is 0. The Morgan fingerprint density at radius 3 is 2.92 bits per heavy atom. The second kappa shape index (κ2) is 3.21. The lowest BCUT2D eigenvalue weighted by atomic mass is 9.83. The van der Waals surface area contributed by atoms with Crippen LogP contribution in [0.25, 0.3) is 0 Å². The Hall–Kier alpha value is -1.31. The van der Waals surface area contributed by atoms with Gasteiger partial charge in [-0.1, -0.05) is 36.3 Å². The molecule has 0 heterocycles. The molecule has 68 valence electrons. The van der Waals surface area contributed by atoms with Crippen molar-refractivity contribution in [3.8, 4) is 0 Å². The third-order valence-corrected chi connectivity index (χ3v) is 2.74. The molecule has 0 saturated heterocycles. The summed E-state index contributed by atoms with van der Waals surface area (Å²) in [6, 6.07) is 8.17. The van der Waals surface area contributed by atoms with Crippen LogP contribution in [-0.4, -0.2) is 10.9 Å². The van der Waals surface area contributed by atoms with E-state index >= 15 is 0 Å². The van der Waals surface area contributed by atoms with E-state index in [1.807, 2.05) is 18.2 Å². The third-order valence-electron chi connectivity index (χ3n) is 2.74. The van der Waals surface area contributed by atoms with Gasteiger partial charge in [0.15, 0.2) is 0 Å². The lowest BCUT2D eigenvalue weighted by Gasteiger charge is -2.22. The van der Waals surface area contributed by atoms with Crippen molar-refractivity contribution in [2.45, 2.75) is 25.7 Å². The zero-order chi connectivity index (χ0) is 9.26.